The number of fused-ring (bicyclic) bond motifs is 1. The number of amides is 1. The number of hydrogen-bond acceptors (Lipinski definition) is 4. The second-order valence-corrected chi connectivity index (χ2v) is 9.63. The Kier molecular flexibility index (Phi) is 3.68. The first-order chi connectivity index (χ1) is 11.3. The Morgan fingerprint density at radius 1 is 1.25 bits per heavy atom. The van der Waals surface area contributed by atoms with Crippen molar-refractivity contribution in [3.05, 3.63) is 29.8 Å². The van der Waals surface area contributed by atoms with Crippen molar-refractivity contribution in [2.75, 3.05) is 16.4 Å². The average molecular weight is 372 g/mol. The van der Waals surface area contributed by atoms with E-state index in [1.165, 1.54) is 22.7 Å². The van der Waals surface area contributed by atoms with Gasteiger partial charge in [0.05, 0.1) is 23.2 Å². The number of halogens is 2. The molecule has 1 aliphatic carbocycles. The van der Waals surface area contributed by atoms with Crippen LogP contribution in [0.15, 0.2) is 23.2 Å². The van der Waals surface area contributed by atoms with Gasteiger partial charge in [0.1, 0.15) is 11.6 Å². The number of benzene rings is 1. The van der Waals surface area contributed by atoms with Crippen molar-refractivity contribution in [3.8, 4) is 0 Å². The zero-order valence-corrected chi connectivity index (χ0v) is 14.1. The van der Waals surface area contributed by atoms with E-state index < -0.39 is 27.5 Å². The van der Waals surface area contributed by atoms with Crippen LogP contribution >= 0.6 is 11.8 Å². The first-order valence-corrected chi connectivity index (χ1v) is 10.3. The zero-order chi connectivity index (χ0) is 17.1. The molecule has 0 aromatic heterocycles. The van der Waals surface area contributed by atoms with Crippen LogP contribution in [0.25, 0.3) is 0 Å². The minimum atomic E-state index is -3.22. The maximum atomic E-state index is 14.3. The molecule has 0 N–H and O–H groups in total. The molecule has 0 radical (unpaired) electrons. The molecule has 128 valence electrons. The van der Waals surface area contributed by atoms with Crippen LogP contribution in [0.1, 0.15) is 12.8 Å². The van der Waals surface area contributed by atoms with Crippen LogP contribution in [0.3, 0.4) is 0 Å². The number of nitrogens with zero attached hydrogens (tertiary/aromatic N) is 2. The van der Waals surface area contributed by atoms with Crippen molar-refractivity contribution in [2.24, 2.45) is 10.9 Å². The molecule has 2 saturated heterocycles. The van der Waals surface area contributed by atoms with Crippen LogP contribution in [0.4, 0.5) is 14.5 Å². The van der Waals surface area contributed by atoms with E-state index in [1.807, 2.05) is 0 Å². The van der Waals surface area contributed by atoms with E-state index in [9.17, 15) is 22.0 Å². The third kappa shape index (κ3) is 2.83. The van der Waals surface area contributed by atoms with Gasteiger partial charge < -0.3 is 4.90 Å². The van der Waals surface area contributed by atoms with E-state index in [2.05, 4.69) is 4.99 Å². The second kappa shape index (κ2) is 5.52. The summed E-state index contributed by atoms with van der Waals surface area (Å²) in [5, 5.41) is 0.00696. The molecule has 2 aliphatic heterocycles. The van der Waals surface area contributed by atoms with Crippen molar-refractivity contribution < 1.29 is 22.0 Å². The molecule has 9 heteroatoms. The van der Waals surface area contributed by atoms with Gasteiger partial charge in [-0.2, -0.15) is 4.99 Å². The smallest absolute Gasteiger partial charge is 0.251 e. The lowest BCUT2D eigenvalue weighted by Gasteiger charge is -2.24. The number of thioether (sulfide) groups is 1. The first kappa shape index (κ1) is 16.0. The van der Waals surface area contributed by atoms with Crippen LogP contribution in [0.5, 0.6) is 0 Å². The monoisotopic (exact) mass is 372 g/mol. The second-order valence-electron chi connectivity index (χ2n) is 6.27. The summed E-state index contributed by atoms with van der Waals surface area (Å²) in [6, 6.07) is 2.62. The van der Waals surface area contributed by atoms with E-state index in [4.69, 9.17) is 0 Å². The molecule has 5 nitrogen and oxygen atoms in total. The highest BCUT2D eigenvalue weighted by atomic mass is 32.2. The number of amidine groups is 1. The maximum absolute atomic E-state index is 14.3. The van der Waals surface area contributed by atoms with Gasteiger partial charge in [0.25, 0.3) is 5.91 Å². The Labute approximate surface area is 142 Å². The fourth-order valence-electron chi connectivity index (χ4n) is 3.04. The zero-order valence-electron chi connectivity index (χ0n) is 12.5. The number of hydrogen-bond donors (Lipinski definition) is 0. The summed E-state index contributed by atoms with van der Waals surface area (Å²) in [4.78, 5) is 17.6. The fourth-order valence-corrected chi connectivity index (χ4v) is 6.95. The van der Waals surface area contributed by atoms with Gasteiger partial charge >= 0.3 is 0 Å². The lowest BCUT2D eigenvalue weighted by molar-refractivity contribution is -0.118. The van der Waals surface area contributed by atoms with Crippen molar-refractivity contribution in [1.29, 1.82) is 0 Å². The SMILES string of the molecule is O=C(N=C1S[C@H]2CS(=O)(=O)C[C@H]2N1c1ccc(F)cc1F)C1CC1. The minimum absolute atomic E-state index is 0.0295. The number of sulfone groups is 1. The molecule has 3 fully saturated rings. The third-order valence-corrected chi connectivity index (χ3v) is 7.58. The third-order valence-electron chi connectivity index (χ3n) is 4.37. The summed E-state index contributed by atoms with van der Waals surface area (Å²) in [7, 11) is -3.22. The van der Waals surface area contributed by atoms with Crippen LogP contribution in [0, 0.1) is 17.6 Å². The highest BCUT2D eigenvalue weighted by molar-refractivity contribution is 8.16. The Morgan fingerprint density at radius 3 is 2.67 bits per heavy atom. The van der Waals surface area contributed by atoms with Gasteiger partial charge in [-0.1, -0.05) is 11.8 Å². The normalized spacial score (nSPS) is 29.9. The van der Waals surface area contributed by atoms with E-state index >= 15 is 0 Å². The molecular formula is C15H14F2N2O3S2. The summed E-state index contributed by atoms with van der Waals surface area (Å²) < 4.78 is 51.3. The lowest BCUT2D eigenvalue weighted by atomic mass is 10.2. The van der Waals surface area contributed by atoms with Crippen LogP contribution in [-0.4, -0.2) is 42.3 Å². The average Bonchev–Trinajstić information content (AvgIpc) is 3.22. The van der Waals surface area contributed by atoms with E-state index in [-0.39, 0.29) is 34.3 Å². The number of aliphatic imine (C=N–C) groups is 1. The van der Waals surface area contributed by atoms with Crippen molar-refractivity contribution in [3.63, 3.8) is 0 Å². The van der Waals surface area contributed by atoms with Gasteiger partial charge in [0.15, 0.2) is 15.0 Å². The van der Waals surface area contributed by atoms with Crippen LogP contribution in [-0.2, 0) is 14.6 Å². The van der Waals surface area contributed by atoms with Gasteiger partial charge in [-0.15, -0.1) is 0 Å². The van der Waals surface area contributed by atoms with Crippen molar-refractivity contribution in [2.45, 2.75) is 24.1 Å². The van der Waals surface area contributed by atoms with Gasteiger partial charge in [-0.05, 0) is 25.0 Å². The van der Waals surface area contributed by atoms with Gasteiger partial charge in [-0.25, -0.2) is 17.2 Å². The summed E-state index contributed by atoms with van der Waals surface area (Å²) in [5.74, 6) is -2.01. The summed E-state index contributed by atoms with van der Waals surface area (Å²) in [6.07, 6.45) is 1.60. The van der Waals surface area contributed by atoms with E-state index in [0.29, 0.717) is 5.17 Å². The topological polar surface area (TPSA) is 66.8 Å². The van der Waals surface area contributed by atoms with Gasteiger partial charge in [-0.3, -0.25) is 4.79 Å². The molecular weight excluding hydrogens is 358 g/mol. The number of carbonyl (C=O) groups is 1. The molecule has 0 unspecified atom stereocenters. The van der Waals surface area contributed by atoms with E-state index in [0.717, 1.165) is 25.0 Å². The molecule has 2 atom stereocenters. The van der Waals surface area contributed by atoms with Crippen molar-refractivity contribution in [1.82, 2.24) is 0 Å². The summed E-state index contributed by atoms with van der Waals surface area (Å²) >= 11 is 1.19. The predicted octanol–water partition coefficient (Wildman–Crippen LogP) is 1.98. The fraction of sp³-hybridized carbons (Fsp3) is 0.467. The predicted molar refractivity (Wildman–Crippen MR) is 87.8 cm³/mol. The quantitative estimate of drug-likeness (QED) is 0.794. The minimum Gasteiger partial charge on any atom is -0.313 e. The van der Waals surface area contributed by atoms with Crippen LogP contribution < -0.4 is 4.90 Å². The Balaban J connectivity index is 1.76. The molecule has 24 heavy (non-hydrogen) atoms. The number of rotatable bonds is 2. The molecule has 4 rings (SSSR count). The summed E-state index contributed by atoms with van der Waals surface area (Å²) in [6.45, 7) is 0. The van der Waals surface area contributed by atoms with Gasteiger partial charge in [0, 0.05) is 17.2 Å². The maximum Gasteiger partial charge on any atom is 0.251 e. The number of carbonyl (C=O) groups excluding carboxylic acids is 1. The van der Waals surface area contributed by atoms with Gasteiger partial charge in [0.2, 0.25) is 0 Å². The molecule has 1 aromatic carbocycles. The Morgan fingerprint density at radius 2 is 2.00 bits per heavy atom. The van der Waals surface area contributed by atoms with Crippen molar-refractivity contribution >= 4 is 38.4 Å². The molecule has 1 aromatic rings. The molecule has 3 aliphatic rings. The molecule has 0 spiro atoms. The Bertz CT molecular complexity index is 852. The first-order valence-electron chi connectivity index (χ1n) is 7.58. The summed E-state index contributed by atoms with van der Waals surface area (Å²) in [5.41, 5.74) is 0.0517. The molecule has 1 saturated carbocycles. The molecule has 2 heterocycles. The molecule has 1 amide bonds. The van der Waals surface area contributed by atoms with Crippen LogP contribution in [0.2, 0.25) is 0 Å². The number of anilines is 1. The Hall–Kier alpha value is -1.48. The standard InChI is InChI=1S/C15H14F2N2O3S2/c16-9-3-4-11(10(17)5-9)19-12-6-24(21,22)7-13(12)23-15(19)18-14(20)8-1-2-8/h3-5,8,12-13H,1-2,6-7H2/t12-,13+/m1/s1. The highest BCUT2D eigenvalue weighted by Gasteiger charge is 2.50. The highest BCUT2D eigenvalue weighted by Crippen LogP contribution is 2.42. The molecule has 0 bridgehead atoms. The van der Waals surface area contributed by atoms with E-state index in [1.54, 1.807) is 0 Å². The largest absolute Gasteiger partial charge is 0.313 e. The lowest BCUT2D eigenvalue weighted by Crippen LogP contribution is -2.38.